The second-order valence-electron chi connectivity index (χ2n) is 6.34. The standard InChI is InChI=1S/C18H29NO/c1-6-9-16-14-15(2)10-11-17(16)20-13-8-7-12-19-18(3,4)5/h6,10-11,14,19H,1,7-9,12-13H2,2-5H3. The highest BCUT2D eigenvalue weighted by molar-refractivity contribution is 5.38. The van der Waals surface area contributed by atoms with E-state index >= 15 is 0 Å². The Bertz CT molecular complexity index is 418. The normalized spacial score (nSPS) is 11.4. The number of ether oxygens (including phenoxy) is 1. The molecular formula is C18H29NO. The number of hydrogen-bond acceptors (Lipinski definition) is 2. The van der Waals surface area contributed by atoms with Gasteiger partial charge in [-0.1, -0.05) is 23.8 Å². The van der Waals surface area contributed by atoms with Crippen LogP contribution in [-0.4, -0.2) is 18.7 Å². The lowest BCUT2D eigenvalue weighted by Crippen LogP contribution is -2.36. The number of hydrogen-bond donors (Lipinski definition) is 1. The summed E-state index contributed by atoms with van der Waals surface area (Å²) in [5.41, 5.74) is 2.70. The first kappa shape index (κ1) is 16.8. The first-order valence-corrected chi connectivity index (χ1v) is 7.50. The van der Waals surface area contributed by atoms with E-state index in [1.165, 1.54) is 11.1 Å². The molecule has 2 nitrogen and oxygen atoms in total. The van der Waals surface area contributed by atoms with Gasteiger partial charge >= 0.3 is 0 Å². The molecule has 2 heteroatoms. The van der Waals surface area contributed by atoms with E-state index in [1.807, 2.05) is 6.08 Å². The minimum atomic E-state index is 0.203. The van der Waals surface area contributed by atoms with E-state index in [-0.39, 0.29) is 5.54 Å². The molecular weight excluding hydrogens is 246 g/mol. The summed E-state index contributed by atoms with van der Waals surface area (Å²) in [7, 11) is 0. The van der Waals surface area contributed by atoms with Gasteiger partial charge in [-0.25, -0.2) is 0 Å². The van der Waals surface area contributed by atoms with Crippen LogP contribution in [0.2, 0.25) is 0 Å². The first-order valence-electron chi connectivity index (χ1n) is 7.50. The fourth-order valence-corrected chi connectivity index (χ4v) is 2.04. The van der Waals surface area contributed by atoms with Crippen molar-refractivity contribution in [2.24, 2.45) is 0 Å². The van der Waals surface area contributed by atoms with Crippen LogP contribution in [0.15, 0.2) is 30.9 Å². The summed E-state index contributed by atoms with van der Waals surface area (Å²) in [6, 6.07) is 6.35. The molecule has 0 saturated carbocycles. The fraction of sp³-hybridized carbons (Fsp3) is 0.556. The minimum absolute atomic E-state index is 0.203. The lowest BCUT2D eigenvalue weighted by Gasteiger charge is -2.20. The van der Waals surface area contributed by atoms with Gasteiger partial charge < -0.3 is 10.1 Å². The summed E-state index contributed by atoms with van der Waals surface area (Å²) in [5, 5.41) is 3.49. The molecule has 0 aliphatic heterocycles. The van der Waals surface area contributed by atoms with Crippen LogP contribution in [0.25, 0.3) is 0 Å². The Hall–Kier alpha value is -1.28. The van der Waals surface area contributed by atoms with Crippen molar-refractivity contribution in [3.63, 3.8) is 0 Å². The minimum Gasteiger partial charge on any atom is -0.493 e. The molecule has 0 aliphatic carbocycles. The largest absolute Gasteiger partial charge is 0.493 e. The highest BCUT2D eigenvalue weighted by Crippen LogP contribution is 2.21. The summed E-state index contributed by atoms with van der Waals surface area (Å²) in [6.45, 7) is 14.3. The van der Waals surface area contributed by atoms with Gasteiger partial charge in [0.15, 0.2) is 0 Å². The SMILES string of the molecule is C=CCc1cc(C)ccc1OCCCCNC(C)(C)C. The zero-order chi connectivity index (χ0) is 15.0. The molecule has 0 amide bonds. The molecule has 0 spiro atoms. The molecule has 20 heavy (non-hydrogen) atoms. The maximum Gasteiger partial charge on any atom is 0.122 e. The molecule has 112 valence electrons. The second-order valence-corrected chi connectivity index (χ2v) is 6.34. The molecule has 1 N–H and O–H groups in total. The lowest BCUT2D eigenvalue weighted by molar-refractivity contribution is 0.299. The third-order valence-corrected chi connectivity index (χ3v) is 3.06. The van der Waals surface area contributed by atoms with Gasteiger partial charge in [-0.05, 0) is 65.1 Å². The van der Waals surface area contributed by atoms with E-state index in [4.69, 9.17) is 4.74 Å². The number of allylic oxidation sites excluding steroid dienone is 1. The topological polar surface area (TPSA) is 21.3 Å². The van der Waals surface area contributed by atoms with Gasteiger partial charge in [0, 0.05) is 5.54 Å². The number of nitrogens with one attached hydrogen (secondary N) is 1. The average molecular weight is 275 g/mol. The van der Waals surface area contributed by atoms with Crippen LogP contribution >= 0.6 is 0 Å². The Morgan fingerprint density at radius 1 is 1.25 bits per heavy atom. The molecule has 0 radical (unpaired) electrons. The van der Waals surface area contributed by atoms with Crippen molar-refractivity contribution in [2.45, 2.75) is 52.5 Å². The molecule has 0 atom stereocenters. The molecule has 0 heterocycles. The van der Waals surface area contributed by atoms with Crippen molar-refractivity contribution in [2.75, 3.05) is 13.2 Å². The zero-order valence-corrected chi connectivity index (χ0v) is 13.5. The molecule has 1 aromatic carbocycles. The maximum atomic E-state index is 5.90. The van der Waals surface area contributed by atoms with Crippen molar-refractivity contribution in [3.8, 4) is 5.75 Å². The van der Waals surface area contributed by atoms with Crippen molar-refractivity contribution < 1.29 is 4.74 Å². The van der Waals surface area contributed by atoms with Crippen LogP contribution in [0.1, 0.15) is 44.7 Å². The van der Waals surface area contributed by atoms with Crippen LogP contribution in [0.3, 0.4) is 0 Å². The Balaban J connectivity index is 2.33. The van der Waals surface area contributed by atoms with E-state index in [0.717, 1.165) is 38.2 Å². The lowest BCUT2D eigenvalue weighted by atomic mass is 10.1. The van der Waals surface area contributed by atoms with Gasteiger partial charge in [-0.2, -0.15) is 0 Å². The van der Waals surface area contributed by atoms with Gasteiger partial charge in [-0.15, -0.1) is 6.58 Å². The molecule has 1 aromatic rings. The quantitative estimate of drug-likeness (QED) is 0.565. The van der Waals surface area contributed by atoms with Gasteiger partial charge in [-0.3, -0.25) is 0 Å². The number of aryl methyl sites for hydroxylation is 1. The number of rotatable bonds is 8. The number of benzene rings is 1. The van der Waals surface area contributed by atoms with Crippen molar-refractivity contribution in [3.05, 3.63) is 42.0 Å². The van der Waals surface area contributed by atoms with Crippen LogP contribution < -0.4 is 10.1 Å². The van der Waals surface area contributed by atoms with Crippen LogP contribution in [-0.2, 0) is 6.42 Å². The summed E-state index contributed by atoms with van der Waals surface area (Å²) < 4.78 is 5.90. The average Bonchev–Trinajstić information content (AvgIpc) is 2.35. The predicted octanol–water partition coefficient (Wildman–Crippen LogP) is 4.27. The molecule has 0 bridgehead atoms. The summed E-state index contributed by atoms with van der Waals surface area (Å²) in [6.07, 6.45) is 5.00. The number of unbranched alkanes of at least 4 members (excludes halogenated alkanes) is 1. The highest BCUT2D eigenvalue weighted by atomic mass is 16.5. The van der Waals surface area contributed by atoms with Gasteiger partial charge in [0.05, 0.1) is 6.61 Å². The molecule has 0 saturated heterocycles. The highest BCUT2D eigenvalue weighted by Gasteiger charge is 2.07. The molecule has 0 aromatic heterocycles. The van der Waals surface area contributed by atoms with Crippen LogP contribution in [0.5, 0.6) is 5.75 Å². The molecule has 1 rings (SSSR count). The summed E-state index contributed by atoms with van der Waals surface area (Å²) in [5.74, 6) is 0.999. The maximum absolute atomic E-state index is 5.90. The van der Waals surface area contributed by atoms with E-state index in [2.05, 4.69) is 57.8 Å². The Morgan fingerprint density at radius 2 is 2.00 bits per heavy atom. The zero-order valence-electron chi connectivity index (χ0n) is 13.5. The molecule has 0 aliphatic rings. The Morgan fingerprint density at radius 3 is 2.65 bits per heavy atom. The second kappa shape index (κ2) is 8.11. The summed E-state index contributed by atoms with van der Waals surface area (Å²) >= 11 is 0. The van der Waals surface area contributed by atoms with E-state index in [1.54, 1.807) is 0 Å². The first-order chi connectivity index (χ1) is 9.42. The third-order valence-electron chi connectivity index (χ3n) is 3.06. The molecule has 0 fully saturated rings. The Kier molecular flexibility index (Phi) is 6.80. The van der Waals surface area contributed by atoms with Crippen LogP contribution in [0.4, 0.5) is 0 Å². The fourth-order valence-electron chi connectivity index (χ4n) is 2.04. The predicted molar refractivity (Wildman–Crippen MR) is 87.6 cm³/mol. The Labute approximate surface area is 124 Å². The van der Waals surface area contributed by atoms with Gasteiger partial charge in [0.25, 0.3) is 0 Å². The van der Waals surface area contributed by atoms with E-state index in [9.17, 15) is 0 Å². The summed E-state index contributed by atoms with van der Waals surface area (Å²) in [4.78, 5) is 0. The van der Waals surface area contributed by atoms with Gasteiger partial charge in [0.1, 0.15) is 5.75 Å². The third kappa shape index (κ3) is 6.76. The van der Waals surface area contributed by atoms with Gasteiger partial charge in [0.2, 0.25) is 0 Å². The van der Waals surface area contributed by atoms with Crippen LogP contribution in [0, 0.1) is 6.92 Å². The van der Waals surface area contributed by atoms with Crippen molar-refractivity contribution in [1.29, 1.82) is 0 Å². The van der Waals surface area contributed by atoms with E-state index in [0.29, 0.717) is 0 Å². The monoisotopic (exact) mass is 275 g/mol. The van der Waals surface area contributed by atoms with Crippen molar-refractivity contribution >= 4 is 0 Å². The van der Waals surface area contributed by atoms with Crippen molar-refractivity contribution in [1.82, 2.24) is 5.32 Å². The van der Waals surface area contributed by atoms with E-state index < -0.39 is 0 Å². The smallest absolute Gasteiger partial charge is 0.122 e. The molecule has 0 unspecified atom stereocenters.